The predicted molar refractivity (Wildman–Crippen MR) is 127 cm³/mol. The number of nitrogens with one attached hydrogen (secondary N) is 1. The van der Waals surface area contributed by atoms with Gasteiger partial charge >= 0.3 is 0 Å². The second-order valence-corrected chi connectivity index (χ2v) is 8.40. The number of rotatable bonds is 14. The van der Waals surface area contributed by atoms with Gasteiger partial charge in [0.2, 0.25) is 6.29 Å². The Hall–Kier alpha value is -2.23. The van der Waals surface area contributed by atoms with Crippen LogP contribution in [-0.2, 0) is 30.3 Å². The maximum absolute atomic E-state index is 12.9. The van der Waals surface area contributed by atoms with Crippen molar-refractivity contribution in [2.75, 3.05) is 39.6 Å². The van der Waals surface area contributed by atoms with Gasteiger partial charge < -0.3 is 29.4 Å². The molecule has 0 saturated carbocycles. The van der Waals surface area contributed by atoms with Crippen LogP contribution in [0.4, 0.5) is 0 Å². The third-order valence-corrected chi connectivity index (χ3v) is 6.07. The van der Waals surface area contributed by atoms with Gasteiger partial charge in [-0.3, -0.25) is 4.79 Å². The SMILES string of the molecule is CCOC1OC(C(=O)NCc2ccccc2)=CC(c2ccsc2)C1CCOCCOCCO. The van der Waals surface area contributed by atoms with Gasteiger partial charge in [-0.1, -0.05) is 30.3 Å². The van der Waals surface area contributed by atoms with E-state index < -0.39 is 6.29 Å². The first-order valence-corrected chi connectivity index (χ1v) is 12.3. The summed E-state index contributed by atoms with van der Waals surface area (Å²) in [6, 6.07) is 11.9. The molecule has 2 N–H and O–H groups in total. The number of aliphatic hydroxyl groups excluding tert-OH is 1. The molecule has 1 amide bonds. The summed E-state index contributed by atoms with van der Waals surface area (Å²) in [5, 5.41) is 15.9. The molecule has 1 aliphatic rings. The van der Waals surface area contributed by atoms with E-state index in [0.717, 1.165) is 11.1 Å². The van der Waals surface area contributed by atoms with Crippen molar-refractivity contribution < 1.29 is 28.8 Å². The highest BCUT2D eigenvalue weighted by Gasteiger charge is 2.38. The quantitative estimate of drug-likeness (QED) is 0.407. The van der Waals surface area contributed by atoms with Crippen LogP contribution in [-0.4, -0.2) is 56.9 Å². The number of amides is 1. The van der Waals surface area contributed by atoms with Crippen molar-refractivity contribution >= 4 is 17.2 Å². The minimum absolute atomic E-state index is 0.00332. The first kappa shape index (κ1) is 25.4. The van der Waals surface area contributed by atoms with Crippen LogP contribution in [0, 0.1) is 5.92 Å². The number of carbonyl (C=O) groups is 1. The van der Waals surface area contributed by atoms with E-state index in [2.05, 4.69) is 16.8 Å². The number of carbonyl (C=O) groups excluding carboxylic acids is 1. The monoisotopic (exact) mass is 475 g/mol. The zero-order valence-corrected chi connectivity index (χ0v) is 19.8. The molecule has 2 heterocycles. The molecule has 0 fully saturated rings. The molecule has 3 rings (SSSR count). The Morgan fingerprint density at radius 1 is 1.12 bits per heavy atom. The van der Waals surface area contributed by atoms with Crippen LogP contribution in [0.3, 0.4) is 0 Å². The van der Waals surface area contributed by atoms with Gasteiger partial charge in [0.1, 0.15) is 0 Å². The van der Waals surface area contributed by atoms with Crippen LogP contribution in [0.25, 0.3) is 0 Å². The van der Waals surface area contributed by atoms with E-state index in [-0.39, 0.29) is 30.1 Å². The second kappa shape index (κ2) is 14.1. The maximum Gasteiger partial charge on any atom is 0.286 e. The molecule has 1 aliphatic heterocycles. The highest BCUT2D eigenvalue weighted by Crippen LogP contribution is 2.39. The fourth-order valence-electron chi connectivity index (χ4n) is 3.75. The summed E-state index contributed by atoms with van der Waals surface area (Å²) >= 11 is 1.63. The fraction of sp³-hybridized carbons (Fsp3) is 0.480. The summed E-state index contributed by atoms with van der Waals surface area (Å²) in [7, 11) is 0. The molecule has 1 aromatic heterocycles. The lowest BCUT2D eigenvalue weighted by molar-refractivity contribution is -0.168. The zero-order chi connectivity index (χ0) is 23.3. The standard InChI is InChI=1S/C25H33NO6S/c1-2-31-25-21(8-11-29-13-14-30-12-10-27)22(20-9-15-33-18-20)16-23(32-25)24(28)26-17-19-6-4-3-5-7-19/h3-7,9,15-16,18,21-22,25,27H,2,8,10-14,17H2,1H3,(H,26,28). The number of ether oxygens (including phenoxy) is 4. The summed E-state index contributed by atoms with van der Waals surface area (Å²) in [5.41, 5.74) is 2.16. The third kappa shape index (κ3) is 7.94. The van der Waals surface area contributed by atoms with E-state index in [4.69, 9.17) is 24.1 Å². The molecule has 1 aromatic carbocycles. The Balaban J connectivity index is 1.67. The Labute approximate surface area is 199 Å². The van der Waals surface area contributed by atoms with E-state index in [1.165, 1.54) is 0 Å². The number of allylic oxidation sites excluding steroid dienone is 1. The Morgan fingerprint density at radius 3 is 2.61 bits per heavy atom. The van der Waals surface area contributed by atoms with Gasteiger partial charge in [-0.15, -0.1) is 0 Å². The number of hydrogen-bond donors (Lipinski definition) is 2. The molecule has 3 atom stereocenters. The van der Waals surface area contributed by atoms with Crippen LogP contribution >= 0.6 is 11.3 Å². The van der Waals surface area contributed by atoms with Crippen molar-refractivity contribution in [3.8, 4) is 0 Å². The molecule has 0 saturated heterocycles. The Morgan fingerprint density at radius 2 is 1.91 bits per heavy atom. The first-order valence-electron chi connectivity index (χ1n) is 11.3. The zero-order valence-electron chi connectivity index (χ0n) is 19.0. The van der Waals surface area contributed by atoms with Gasteiger partial charge in [-0.25, -0.2) is 0 Å². The molecular formula is C25H33NO6S. The number of hydrogen-bond acceptors (Lipinski definition) is 7. The first-order chi connectivity index (χ1) is 16.2. The van der Waals surface area contributed by atoms with Gasteiger partial charge in [0.25, 0.3) is 5.91 Å². The molecule has 0 spiro atoms. The van der Waals surface area contributed by atoms with Crippen molar-refractivity contribution in [3.05, 3.63) is 70.1 Å². The summed E-state index contributed by atoms with van der Waals surface area (Å²) in [5.74, 6) is 0.0199. The highest BCUT2D eigenvalue weighted by atomic mass is 32.1. The Kier molecular flexibility index (Phi) is 10.9. The van der Waals surface area contributed by atoms with Gasteiger partial charge in [0.15, 0.2) is 5.76 Å². The van der Waals surface area contributed by atoms with E-state index >= 15 is 0 Å². The van der Waals surface area contributed by atoms with E-state index in [0.29, 0.717) is 46.0 Å². The van der Waals surface area contributed by atoms with E-state index in [1.807, 2.05) is 48.7 Å². The summed E-state index contributed by atoms with van der Waals surface area (Å²) in [4.78, 5) is 12.9. The average Bonchev–Trinajstić information content (AvgIpc) is 3.38. The second-order valence-electron chi connectivity index (χ2n) is 7.62. The van der Waals surface area contributed by atoms with Crippen molar-refractivity contribution in [3.63, 3.8) is 0 Å². The minimum atomic E-state index is -0.545. The summed E-state index contributed by atoms with van der Waals surface area (Å²) < 4.78 is 22.9. The molecule has 180 valence electrons. The van der Waals surface area contributed by atoms with Crippen LogP contribution in [0.2, 0.25) is 0 Å². The van der Waals surface area contributed by atoms with Gasteiger partial charge in [0.05, 0.1) is 26.4 Å². The van der Waals surface area contributed by atoms with E-state index in [9.17, 15) is 4.79 Å². The van der Waals surface area contributed by atoms with E-state index in [1.54, 1.807) is 11.3 Å². The van der Waals surface area contributed by atoms with Crippen molar-refractivity contribution in [1.29, 1.82) is 0 Å². The summed E-state index contributed by atoms with van der Waals surface area (Å²) in [6.07, 6.45) is 2.07. The third-order valence-electron chi connectivity index (χ3n) is 5.37. The van der Waals surface area contributed by atoms with Gasteiger partial charge in [-0.2, -0.15) is 11.3 Å². The Bertz CT molecular complexity index is 842. The lowest BCUT2D eigenvalue weighted by atomic mass is 9.82. The normalized spacial score (nSPS) is 20.2. The topological polar surface area (TPSA) is 86.3 Å². The van der Waals surface area contributed by atoms with Crippen LogP contribution in [0.15, 0.2) is 59.0 Å². The minimum Gasteiger partial charge on any atom is -0.459 e. The number of benzene rings is 1. The molecule has 0 aliphatic carbocycles. The molecule has 8 heteroatoms. The predicted octanol–water partition coefficient (Wildman–Crippen LogP) is 3.46. The van der Waals surface area contributed by atoms with Crippen LogP contribution < -0.4 is 5.32 Å². The lowest BCUT2D eigenvalue weighted by Gasteiger charge is -2.36. The highest BCUT2D eigenvalue weighted by molar-refractivity contribution is 7.08. The smallest absolute Gasteiger partial charge is 0.286 e. The molecule has 3 unspecified atom stereocenters. The van der Waals surface area contributed by atoms with Gasteiger partial charge in [0, 0.05) is 31.6 Å². The van der Waals surface area contributed by atoms with Crippen LogP contribution in [0.5, 0.6) is 0 Å². The van der Waals surface area contributed by atoms with Crippen molar-refractivity contribution in [2.24, 2.45) is 5.92 Å². The largest absolute Gasteiger partial charge is 0.459 e. The van der Waals surface area contributed by atoms with Crippen molar-refractivity contribution in [2.45, 2.75) is 32.1 Å². The molecule has 0 bridgehead atoms. The lowest BCUT2D eigenvalue weighted by Crippen LogP contribution is -2.39. The number of aliphatic hydroxyl groups is 1. The molecule has 33 heavy (non-hydrogen) atoms. The molecule has 7 nitrogen and oxygen atoms in total. The molecular weight excluding hydrogens is 442 g/mol. The molecule has 0 radical (unpaired) electrons. The fourth-order valence-corrected chi connectivity index (χ4v) is 4.46. The maximum atomic E-state index is 12.9. The molecule has 2 aromatic rings. The van der Waals surface area contributed by atoms with Crippen molar-refractivity contribution in [1.82, 2.24) is 5.32 Å². The van der Waals surface area contributed by atoms with Crippen LogP contribution in [0.1, 0.15) is 30.4 Å². The average molecular weight is 476 g/mol. The number of thiophene rings is 1. The van der Waals surface area contributed by atoms with Gasteiger partial charge in [-0.05, 0) is 47.4 Å². The summed E-state index contributed by atoms with van der Waals surface area (Å²) in [6.45, 7) is 4.56.